The second-order valence-electron chi connectivity index (χ2n) is 8.55. The zero-order valence-electron chi connectivity index (χ0n) is 19.1. The average molecular weight is 467 g/mol. The number of benzene rings is 2. The molecule has 2 aromatic carbocycles. The van der Waals surface area contributed by atoms with Gasteiger partial charge in [-0.1, -0.05) is 44.0 Å². The second-order valence-corrected chi connectivity index (χ2v) is 8.55. The van der Waals surface area contributed by atoms with Crippen molar-refractivity contribution in [2.45, 2.75) is 50.7 Å². The lowest BCUT2D eigenvalue weighted by atomic mass is 9.88. The fourth-order valence-electron chi connectivity index (χ4n) is 4.36. The molecular weight excluding hydrogens is 436 g/mol. The molecule has 2 unspecified atom stereocenters. The van der Waals surface area contributed by atoms with Gasteiger partial charge in [0.15, 0.2) is 11.5 Å². The third-order valence-electron chi connectivity index (χ3n) is 6.16. The molecule has 1 amide bonds. The molecule has 0 bridgehead atoms. The molecule has 0 radical (unpaired) electrons. The third-order valence-corrected chi connectivity index (χ3v) is 6.16. The van der Waals surface area contributed by atoms with Gasteiger partial charge in [-0.25, -0.2) is 4.79 Å². The average Bonchev–Trinajstić information content (AvgIpc) is 3.25. The van der Waals surface area contributed by atoms with Gasteiger partial charge in [-0.2, -0.15) is 0 Å². The van der Waals surface area contributed by atoms with Gasteiger partial charge in [0.25, 0.3) is 0 Å². The molecule has 1 aliphatic rings. The number of hydrogen-bond acceptors (Lipinski definition) is 5. The molecule has 34 heavy (non-hydrogen) atoms. The van der Waals surface area contributed by atoms with Gasteiger partial charge in [0.2, 0.25) is 5.91 Å². The Hall–Kier alpha value is -3.52. The van der Waals surface area contributed by atoms with Crippen molar-refractivity contribution in [2.75, 3.05) is 13.2 Å². The number of aliphatic carboxylic acids is 1. The first-order chi connectivity index (χ1) is 16.5. The van der Waals surface area contributed by atoms with Crippen LogP contribution in [-0.2, 0) is 16.0 Å². The molecule has 4 rings (SSSR count). The minimum Gasteiger partial charge on any atom is -0.486 e. The number of para-hydroxylation sites is 1. The van der Waals surface area contributed by atoms with Crippen molar-refractivity contribution in [1.82, 2.24) is 10.3 Å². The van der Waals surface area contributed by atoms with E-state index in [1.807, 2.05) is 31.2 Å². The Labute approximate surface area is 197 Å². The molecule has 1 aliphatic heterocycles. The summed E-state index contributed by atoms with van der Waals surface area (Å²) < 4.78 is 11.2. The first-order valence-electron chi connectivity index (χ1n) is 11.6. The molecule has 0 aliphatic carbocycles. The Morgan fingerprint density at radius 2 is 1.88 bits per heavy atom. The smallest absolute Gasteiger partial charge is 0.326 e. The van der Waals surface area contributed by atoms with Gasteiger partial charge in [-0.05, 0) is 35.7 Å². The lowest BCUT2D eigenvalue weighted by Crippen LogP contribution is -2.46. The van der Waals surface area contributed by atoms with Crippen LogP contribution in [0.15, 0.2) is 48.7 Å². The highest BCUT2D eigenvalue weighted by Gasteiger charge is 2.33. The number of aromatic nitrogens is 1. The van der Waals surface area contributed by atoms with Crippen LogP contribution in [0, 0.1) is 0 Å². The van der Waals surface area contributed by atoms with E-state index >= 15 is 0 Å². The van der Waals surface area contributed by atoms with Crippen molar-refractivity contribution in [3.05, 3.63) is 59.8 Å². The molecule has 0 fully saturated rings. The number of H-pyrrole nitrogens is 1. The predicted molar refractivity (Wildman–Crippen MR) is 127 cm³/mol. The maximum absolute atomic E-state index is 13.4. The number of hydrogen-bond donors (Lipinski definition) is 4. The molecule has 1 aromatic heterocycles. The van der Waals surface area contributed by atoms with Crippen LogP contribution in [0.25, 0.3) is 10.9 Å². The normalized spacial score (nSPS) is 15.5. The molecular formula is C26H30N2O6. The van der Waals surface area contributed by atoms with E-state index in [-0.39, 0.29) is 6.42 Å². The summed E-state index contributed by atoms with van der Waals surface area (Å²) in [6.07, 6.45) is 2.94. The highest BCUT2D eigenvalue weighted by molar-refractivity contribution is 5.90. The Morgan fingerprint density at radius 1 is 1.12 bits per heavy atom. The second kappa shape index (κ2) is 10.6. The summed E-state index contributed by atoms with van der Waals surface area (Å²) in [6, 6.07) is 11.6. The summed E-state index contributed by atoms with van der Waals surface area (Å²) in [5.41, 5.74) is 2.25. The van der Waals surface area contributed by atoms with Gasteiger partial charge in [-0.3, -0.25) is 4.79 Å². The number of rotatable bonds is 10. The maximum atomic E-state index is 13.4. The van der Waals surface area contributed by atoms with Crippen molar-refractivity contribution in [3.8, 4) is 11.5 Å². The molecule has 0 saturated heterocycles. The largest absolute Gasteiger partial charge is 0.486 e. The van der Waals surface area contributed by atoms with E-state index in [1.54, 1.807) is 24.4 Å². The van der Waals surface area contributed by atoms with E-state index in [4.69, 9.17) is 9.47 Å². The number of amides is 1. The monoisotopic (exact) mass is 466 g/mol. The van der Waals surface area contributed by atoms with E-state index in [1.165, 1.54) is 0 Å². The Balaban J connectivity index is 1.58. The highest BCUT2D eigenvalue weighted by Crippen LogP contribution is 2.35. The van der Waals surface area contributed by atoms with Crippen LogP contribution in [0.4, 0.5) is 0 Å². The Kier molecular flexibility index (Phi) is 7.37. The van der Waals surface area contributed by atoms with Gasteiger partial charge in [0.05, 0.1) is 12.0 Å². The van der Waals surface area contributed by atoms with Gasteiger partial charge in [-0.15, -0.1) is 0 Å². The lowest BCUT2D eigenvalue weighted by molar-refractivity contribution is -0.142. The van der Waals surface area contributed by atoms with Crippen molar-refractivity contribution in [2.24, 2.45) is 0 Å². The number of ether oxygens (including phenoxy) is 2. The topological polar surface area (TPSA) is 121 Å². The summed E-state index contributed by atoms with van der Waals surface area (Å²) in [4.78, 5) is 28.6. The van der Waals surface area contributed by atoms with Gasteiger partial charge < -0.3 is 30.0 Å². The SMILES string of the molecule is CCCCC(O)C(C(=O)N[C@@H](Cc1c[nH]c2ccccc12)C(=O)O)c1ccc2c(c1)OCCO2. The molecule has 8 nitrogen and oxygen atoms in total. The van der Waals surface area contributed by atoms with E-state index in [0.29, 0.717) is 36.7 Å². The summed E-state index contributed by atoms with van der Waals surface area (Å²) >= 11 is 0. The number of carboxylic acids is 1. The van der Waals surface area contributed by atoms with E-state index in [0.717, 1.165) is 29.3 Å². The molecule has 2 heterocycles. The molecule has 0 saturated carbocycles. The Bertz CT molecular complexity index is 1160. The van der Waals surface area contributed by atoms with Crippen LogP contribution in [0.3, 0.4) is 0 Å². The van der Waals surface area contributed by atoms with Crippen LogP contribution in [0.5, 0.6) is 11.5 Å². The summed E-state index contributed by atoms with van der Waals surface area (Å²) in [7, 11) is 0. The summed E-state index contributed by atoms with van der Waals surface area (Å²) in [5, 5.41) is 24.4. The van der Waals surface area contributed by atoms with Crippen LogP contribution >= 0.6 is 0 Å². The minimum absolute atomic E-state index is 0.115. The molecule has 4 N–H and O–H groups in total. The maximum Gasteiger partial charge on any atom is 0.326 e. The fourth-order valence-corrected chi connectivity index (χ4v) is 4.36. The molecule has 0 spiro atoms. The van der Waals surface area contributed by atoms with Crippen LogP contribution in [-0.4, -0.2) is 52.4 Å². The van der Waals surface area contributed by atoms with Crippen LogP contribution < -0.4 is 14.8 Å². The van der Waals surface area contributed by atoms with Crippen molar-refractivity contribution in [1.29, 1.82) is 0 Å². The zero-order valence-corrected chi connectivity index (χ0v) is 19.1. The van der Waals surface area contributed by atoms with E-state index in [2.05, 4.69) is 10.3 Å². The number of fused-ring (bicyclic) bond motifs is 2. The van der Waals surface area contributed by atoms with Crippen molar-refractivity contribution >= 4 is 22.8 Å². The quantitative estimate of drug-likeness (QED) is 0.364. The number of carbonyl (C=O) groups is 2. The van der Waals surface area contributed by atoms with Gasteiger partial charge >= 0.3 is 5.97 Å². The first-order valence-corrected chi connectivity index (χ1v) is 11.6. The highest BCUT2D eigenvalue weighted by atomic mass is 16.6. The predicted octanol–water partition coefficient (Wildman–Crippen LogP) is 3.39. The van der Waals surface area contributed by atoms with Crippen molar-refractivity contribution in [3.63, 3.8) is 0 Å². The molecule has 8 heteroatoms. The minimum atomic E-state index is -1.15. The summed E-state index contributed by atoms with van der Waals surface area (Å²) in [6.45, 7) is 2.86. The number of carbonyl (C=O) groups excluding carboxylic acids is 1. The van der Waals surface area contributed by atoms with E-state index < -0.39 is 29.9 Å². The standard InChI is InChI=1S/C26H30N2O6/c1-2-3-8-21(29)24(16-9-10-22-23(14-16)34-12-11-33-22)25(30)28-20(26(31)32)13-17-15-27-19-7-5-4-6-18(17)19/h4-7,9-10,14-15,20-21,24,27,29H,2-3,8,11-13H2,1H3,(H,28,30)(H,31,32)/t20-,21?,24?/m0/s1. The molecule has 3 aromatic rings. The number of nitrogens with one attached hydrogen (secondary N) is 2. The Morgan fingerprint density at radius 3 is 2.65 bits per heavy atom. The molecule has 180 valence electrons. The first kappa shape index (κ1) is 23.6. The van der Waals surface area contributed by atoms with Crippen LogP contribution in [0.1, 0.15) is 43.2 Å². The number of aromatic amines is 1. The molecule has 3 atom stereocenters. The lowest BCUT2D eigenvalue weighted by Gasteiger charge is -2.26. The van der Waals surface area contributed by atoms with E-state index in [9.17, 15) is 19.8 Å². The van der Waals surface area contributed by atoms with Crippen molar-refractivity contribution < 1.29 is 29.3 Å². The summed E-state index contributed by atoms with van der Waals surface area (Å²) in [5.74, 6) is -1.51. The number of aliphatic hydroxyl groups excluding tert-OH is 1. The zero-order chi connectivity index (χ0) is 24.1. The number of carboxylic acid groups (broad SMARTS) is 1. The van der Waals surface area contributed by atoms with Gasteiger partial charge in [0, 0.05) is 23.5 Å². The third kappa shape index (κ3) is 5.17. The van der Waals surface area contributed by atoms with Crippen LogP contribution in [0.2, 0.25) is 0 Å². The fraction of sp³-hybridized carbons (Fsp3) is 0.385. The number of aliphatic hydroxyl groups is 1. The van der Waals surface area contributed by atoms with Gasteiger partial charge in [0.1, 0.15) is 19.3 Å². The number of unbranched alkanes of at least 4 members (excludes halogenated alkanes) is 1.